The van der Waals surface area contributed by atoms with Gasteiger partial charge in [0, 0.05) is 0 Å². The lowest BCUT2D eigenvalue weighted by Crippen LogP contribution is -2.19. The molecule has 0 spiro atoms. The number of ether oxygens (including phenoxy) is 1. The van der Waals surface area contributed by atoms with Gasteiger partial charge in [-0.05, 0) is 24.1 Å². The molecule has 1 fully saturated rings. The molecule has 2 rings (SSSR count). The van der Waals surface area contributed by atoms with E-state index in [1.807, 2.05) is 24.3 Å². The number of nitrogens with one attached hydrogen (secondary N) is 1. The highest BCUT2D eigenvalue weighted by Crippen LogP contribution is 2.13. The van der Waals surface area contributed by atoms with Gasteiger partial charge in [-0.3, -0.25) is 4.79 Å². The van der Waals surface area contributed by atoms with Crippen LogP contribution in [0.4, 0.5) is 0 Å². The highest BCUT2D eigenvalue weighted by Gasteiger charge is 2.15. The Kier molecular flexibility index (Phi) is 6.27. The second kappa shape index (κ2) is 8.46. The summed E-state index contributed by atoms with van der Waals surface area (Å²) in [6, 6.07) is 7.72. The quantitative estimate of drug-likeness (QED) is 0.478. The molecule has 0 unspecified atom stereocenters. The van der Waals surface area contributed by atoms with E-state index in [4.69, 9.17) is 4.74 Å². The Labute approximate surface area is 128 Å². The number of unbranched alkanes of at least 4 members (excludes halogenated alkanes) is 2. The normalized spacial score (nSPS) is 16.6. The van der Waals surface area contributed by atoms with Crippen LogP contribution in [-0.2, 0) is 4.79 Å². The molecule has 1 aliphatic heterocycles. The van der Waals surface area contributed by atoms with Gasteiger partial charge in [-0.2, -0.15) is 5.10 Å². The lowest BCUT2D eigenvalue weighted by atomic mass is 10.2. The summed E-state index contributed by atoms with van der Waals surface area (Å²) >= 11 is 1.36. The molecule has 6 heteroatoms. The second-order valence-electron chi connectivity index (χ2n) is 4.61. The molecule has 0 atom stereocenters. The van der Waals surface area contributed by atoms with Crippen LogP contribution in [0.5, 0.6) is 5.75 Å². The minimum atomic E-state index is -0.0311. The Hall–Kier alpha value is -1.82. The summed E-state index contributed by atoms with van der Waals surface area (Å²) in [7, 11) is 0. The fourth-order valence-electron chi connectivity index (χ4n) is 1.75. The van der Waals surface area contributed by atoms with Gasteiger partial charge in [-0.1, -0.05) is 43.7 Å². The molecule has 0 aromatic heterocycles. The minimum absolute atomic E-state index is 0.0311. The van der Waals surface area contributed by atoms with Gasteiger partial charge in [-0.15, -0.1) is 5.10 Å². The highest BCUT2D eigenvalue weighted by molar-refractivity contribution is 8.15. The van der Waals surface area contributed by atoms with Crippen LogP contribution >= 0.6 is 11.8 Å². The summed E-state index contributed by atoms with van der Waals surface area (Å²) in [4.78, 5) is 11.0. The van der Waals surface area contributed by atoms with Crippen LogP contribution in [0.25, 0.3) is 0 Å². The zero-order chi connectivity index (χ0) is 14.9. The Balaban J connectivity index is 1.87. The summed E-state index contributed by atoms with van der Waals surface area (Å²) in [5, 5.41) is 11.1. The van der Waals surface area contributed by atoms with Crippen molar-refractivity contribution in [1.82, 2.24) is 5.32 Å². The van der Waals surface area contributed by atoms with Crippen molar-refractivity contribution in [2.24, 2.45) is 10.2 Å². The average Bonchev–Trinajstić information content (AvgIpc) is 2.90. The summed E-state index contributed by atoms with van der Waals surface area (Å²) < 4.78 is 5.68. The van der Waals surface area contributed by atoms with Crippen molar-refractivity contribution in [2.45, 2.75) is 26.2 Å². The standard InChI is InChI=1S/C15H19N3O2S/c1-2-3-4-8-20-13-7-5-6-12(9-13)10-16-18-15-17-14(19)11-21-15/h5-7,9-10H,2-4,8,11H2,1H3,(H,17,18,19). The topological polar surface area (TPSA) is 63.1 Å². The van der Waals surface area contributed by atoms with E-state index in [0.717, 1.165) is 24.3 Å². The maximum atomic E-state index is 11.0. The van der Waals surface area contributed by atoms with Gasteiger partial charge < -0.3 is 10.1 Å². The molecule has 0 saturated carbocycles. The lowest BCUT2D eigenvalue weighted by Gasteiger charge is -2.05. The van der Waals surface area contributed by atoms with Gasteiger partial charge >= 0.3 is 0 Å². The predicted octanol–water partition coefficient (Wildman–Crippen LogP) is 2.81. The molecule has 1 heterocycles. The highest BCUT2D eigenvalue weighted by atomic mass is 32.2. The van der Waals surface area contributed by atoms with Crippen LogP contribution in [0.1, 0.15) is 31.7 Å². The summed E-state index contributed by atoms with van der Waals surface area (Å²) in [5.41, 5.74) is 0.918. The Morgan fingerprint density at radius 1 is 1.43 bits per heavy atom. The Bertz CT molecular complexity index is 543. The molecule has 0 radical (unpaired) electrons. The fourth-order valence-corrected chi connectivity index (χ4v) is 2.38. The second-order valence-corrected chi connectivity index (χ2v) is 5.58. The van der Waals surface area contributed by atoms with E-state index in [0.29, 0.717) is 10.9 Å². The fraction of sp³-hybridized carbons (Fsp3) is 0.400. The van der Waals surface area contributed by atoms with Crippen LogP contribution in [0, 0.1) is 0 Å². The largest absolute Gasteiger partial charge is 0.494 e. The number of amidine groups is 1. The van der Waals surface area contributed by atoms with Gasteiger partial charge in [0.25, 0.3) is 0 Å². The van der Waals surface area contributed by atoms with Crippen molar-refractivity contribution in [3.05, 3.63) is 29.8 Å². The molecule has 5 nitrogen and oxygen atoms in total. The molecule has 1 aliphatic rings. The molecule has 1 amide bonds. The van der Waals surface area contributed by atoms with Crippen molar-refractivity contribution in [3.8, 4) is 5.75 Å². The zero-order valence-corrected chi connectivity index (χ0v) is 12.9. The van der Waals surface area contributed by atoms with Crippen molar-refractivity contribution >= 4 is 29.1 Å². The van der Waals surface area contributed by atoms with E-state index in [9.17, 15) is 4.79 Å². The molecule has 1 saturated heterocycles. The van der Waals surface area contributed by atoms with E-state index in [2.05, 4.69) is 22.4 Å². The number of hydrogen-bond donors (Lipinski definition) is 1. The number of carbonyl (C=O) groups is 1. The molecular weight excluding hydrogens is 286 g/mol. The minimum Gasteiger partial charge on any atom is -0.494 e. The molecule has 1 N–H and O–H groups in total. The maximum absolute atomic E-state index is 11.0. The lowest BCUT2D eigenvalue weighted by molar-refractivity contribution is -0.116. The smallest absolute Gasteiger partial charge is 0.236 e. The molecule has 1 aromatic rings. The van der Waals surface area contributed by atoms with E-state index < -0.39 is 0 Å². The third-order valence-corrected chi connectivity index (χ3v) is 3.68. The number of carbonyl (C=O) groups excluding carboxylic acids is 1. The summed E-state index contributed by atoms with van der Waals surface area (Å²) in [5.74, 6) is 1.22. The van der Waals surface area contributed by atoms with Crippen molar-refractivity contribution in [2.75, 3.05) is 12.4 Å². The predicted molar refractivity (Wildman–Crippen MR) is 87.1 cm³/mol. The molecule has 112 valence electrons. The SMILES string of the molecule is CCCCCOc1cccc(C=NN=C2NC(=O)CS2)c1. The van der Waals surface area contributed by atoms with Crippen LogP contribution < -0.4 is 10.1 Å². The van der Waals surface area contributed by atoms with Crippen LogP contribution in [0.3, 0.4) is 0 Å². The number of hydrogen-bond acceptors (Lipinski definition) is 5. The van der Waals surface area contributed by atoms with Gasteiger partial charge in [0.1, 0.15) is 5.75 Å². The van der Waals surface area contributed by atoms with Crippen LogP contribution in [-0.4, -0.2) is 29.6 Å². The van der Waals surface area contributed by atoms with Crippen molar-refractivity contribution in [3.63, 3.8) is 0 Å². The van der Waals surface area contributed by atoms with E-state index in [1.54, 1.807) is 6.21 Å². The zero-order valence-electron chi connectivity index (χ0n) is 12.0. The molecule has 1 aromatic carbocycles. The van der Waals surface area contributed by atoms with Crippen LogP contribution in [0.15, 0.2) is 34.5 Å². The Morgan fingerprint density at radius 2 is 2.33 bits per heavy atom. The van der Waals surface area contributed by atoms with Crippen molar-refractivity contribution in [1.29, 1.82) is 0 Å². The van der Waals surface area contributed by atoms with Crippen molar-refractivity contribution < 1.29 is 9.53 Å². The third-order valence-electron chi connectivity index (χ3n) is 2.82. The summed E-state index contributed by atoms with van der Waals surface area (Å²) in [6.07, 6.45) is 5.09. The average molecular weight is 305 g/mol. The first-order chi connectivity index (χ1) is 10.3. The number of amides is 1. The van der Waals surface area contributed by atoms with E-state index in [1.165, 1.54) is 24.6 Å². The maximum Gasteiger partial charge on any atom is 0.236 e. The Morgan fingerprint density at radius 3 is 3.10 bits per heavy atom. The van der Waals surface area contributed by atoms with Gasteiger partial charge in [0.2, 0.25) is 5.91 Å². The molecule has 21 heavy (non-hydrogen) atoms. The van der Waals surface area contributed by atoms with Gasteiger partial charge in [0.15, 0.2) is 5.17 Å². The first-order valence-corrected chi connectivity index (χ1v) is 8.03. The molecule has 0 aliphatic carbocycles. The first kappa shape index (κ1) is 15.6. The molecular formula is C15H19N3O2S. The number of benzene rings is 1. The van der Waals surface area contributed by atoms with Gasteiger partial charge in [-0.25, -0.2) is 0 Å². The van der Waals surface area contributed by atoms with E-state index in [-0.39, 0.29) is 5.91 Å². The number of rotatable bonds is 7. The summed E-state index contributed by atoms with van der Waals surface area (Å²) in [6.45, 7) is 2.91. The van der Waals surface area contributed by atoms with Gasteiger partial charge in [0.05, 0.1) is 18.6 Å². The molecule has 0 bridgehead atoms. The van der Waals surface area contributed by atoms with E-state index >= 15 is 0 Å². The third kappa shape index (κ3) is 5.59. The first-order valence-electron chi connectivity index (χ1n) is 7.04. The number of thioether (sulfide) groups is 1. The van der Waals surface area contributed by atoms with Crippen LogP contribution in [0.2, 0.25) is 0 Å². The monoisotopic (exact) mass is 305 g/mol. The number of nitrogens with zero attached hydrogens (tertiary/aromatic N) is 2.